The molecule has 3 atom stereocenters. The molecule has 0 amide bonds. The SMILES string of the molecule is CN=C(NCC(c1cccs1)N1CCOCC1)NC1CC(C)(OC)C1(C)C.I. The molecular weight excluding hydrogens is 487 g/mol. The van der Waals surface area contributed by atoms with E-state index in [0.717, 1.165) is 45.2 Å². The van der Waals surface area contributed by atoms with Crippen LogP contribution >= 0.6 is 35.3 Å². The number of methoxy groups -OCH3 is 1. The van der Waals surface area contributed by atoms with Crippen molar-refractivity contribution in [3.05, 3.63) is 22.4 Å². The molecule has 6 nitrogen and oxygen atoms in total. The predicted octanol–water partition coefficient (Wildman–Crippen LogP) is 3.11. The van der Waals surface area contributed by atoms with Crippen LogP contribution in [0.15, 0.2) is 22.5 Å². The summed E-state index contributed by atoms with van der Waals surface area (Å²) in [5.41, 5.74) is -0.0342. The van der Waals surface area contributed by atoms with Crippen molar-refractivity contribution in [3.63, 3.8) is 0 Å². The minimum absolute atomic E-state index is 0. The van der Waals surface area contributed by atoms with Gasteiger partial charge in [-0.15, -0.1) is 35.3 Å². The lowest BCUT2D eigenvalue weighted by Crippen LogP contribution is -2.69. The second-order valence-corrected chi connectivity index (χ2v) is 9.17. The molecule has 28 heavy (non-hydrogen) atoms. The number of nitrogens with zero attached hydrogens (tertiary/aromatic N) is 2. The van der Waals surface area contributed by atoms with Gasteiger partial charge in [0.1, 0.15) is 0 Å². The molecule has 3 unspecified atom stereocenters. The normalized spacial score (nSPS) is 28.8. The average molecular weight is 522 g/mol. The molecule has 1 aliphatic carbocycles. The van der Waals surface area contributed by atoms with Gasteiger partial charge in [-0.3, -0.25) is 9.89 Å². The average Bonchev–Trinajstić information content (AvgIpc) is 3.21. The van der Waals surface area contributed by atoms with Crippen LogP contribution in [0.5, 0.6) is 0 Å². The number of halogens is 1. The Morgan fingerprint density at radius 3 is 2.64 bits per heavy atom. The zero-order valence-electron chi connectivity index (χ0n) is 17.7. The highest BCUT2D eigenvalue weighted by Crippen LogP contribution is 2.51. The molecule has 1 aromatic heterocycles. The standard InChI is InChI=1S/C20H34N4O2S.HI/c1-19(2)17(13-20(19,3)25-5)23-18(21-4)22-14-15(16-7-6-12-27-16)24-8-10-26-11-9-24;/h6-7,12,15,17H,8-11,13-14H2,1-5H3,(H2,21,22,23);1H. The van der Waals surface area contributed by atoms with Crippen LogP contribution in [-0.4, -0.2) is 69.5 Å². The zero-order valence-corrected chi connectivity index (χ0v) is 20.8. The van der Waals surface area contributed by atoms with E-state index in [1.165, 1.54) is 4.88 Å². The first-order chi connectivity index (χ1) is 12.9. The van der Waals surface area contributed by atoms with Gasteiger partial charge in [0.15, 0.2) is 5.96 Å². The molecule has 0 radical (unpaired) electrons. The molecule has 160 valence electrons. The molecule has 2 fully saturated rings. The van der Waals surface area contributed by atoms with Crippen LogP contribution in [0.2, 0.25) is 0 Å². The zero-order chi connectivity index (χ0) is 19.5. The lowest BCUT2D eigenvalue weighted by Gasteiger charge is -2.59. The number of thiophene rings is 1. The Morgan fingerprint density at radius 1 is 1.39 bits per heavy atom. The number of hydrogen-bond donors (Lipinski definition) is 2. The van der Waals surface area contributed by atoms with Crippen LogP contribution in [0.25, 0.3) is 0 Å². The van der Waals surface area contributed by atoms with Gasteiger partial charge in [0.2, 0.25) is 0 Å². The number of aliphatic imine (C=N–C) groups is 1. The number of ether oxygens (including phenoxy) is 2. The summed E-state index contributed by atoms with van der Waals surface area (Å²) in [6, 6.07) is 5.04. The Hall–Kier alpha value is -0.420. The molecule has 0 bridgehead atoms. The van der Waals surface area contributed by atoms with Crippen molar-refractivity contribution in [1.82, 2.24) is 15.5 Å². The van der Waals surface area contributed by atoms with E-state index in [0.29, 0.717) is 12.1 Å². The van der Waals surface area contributed by atoms with Crippen molar-refractivity contribution < 1.29 is 9.47 Å². The van der Waals surface area contributed by atoms with Crippen molar-refractivity contribution in [1.29, 1.82) is 0 Å². The van der Waals surface area contributed by atoms with Crippen molar-refractivity contribution in [2.45, 2.75) is 44.9 Å². The van der Waals surface area contributed by atoms with Gasteiger partial charge >= 0.3 is 0 Å². The van der Waals surface area contributed by atoms with Gasteiger partial charge < -0.3 is 20.1 Å². The summed E-state index contributed by atoms with van der Waals surface area (Å²) < 4.78 is 11.3. The maximum atomic E-state index is 5.74. The van der Waals surface area contributed by atoms with Gasteiger partial charge in [0.25, 0.3) is 0 Å². The van der Waals surface area contributed by atoms with Crippen LogP contribution in [-0.2, 0) is 9.47 Å². The van der Waals surface area contributed by atoms with Gasteiger partial charge in [-0.2, -0.15) is 0 Å². The molecule has 3 rings (SSSR count). The van der Waals surface area contributed by atoms with E-state index in [2.05, 4.69) is 58.8 Å². The van der Waals surface area contributed by atoms with E-state index in [9.17, 15) is 0 Å². The molecule has 2 N–H and O–H groups in total. The van der Waals surface area contributed by atoms with Gasteiger partial charge in [-0.05, 0) is 24.8 Å². The quantitative estimate of drug-likeness (QED) is 0.342. The van der Waals surface area contributed by atoms with Gasteiger partial charge in [-0.1, -0.05) is 19.9 Å². The summed E-state index contributed by atoms with van der Waals surface area (Å²) in [6.07, 6.45) is 0.981. The van der Waals surface area contributed by atoms with Gasteiger partial charge in [-0.25, -0.2) is 0 Å². The van der Waals surface area contributed by atoms with Crippen molar-refractivity contribution in [2.75, 3.05) is 47.0 Å². The van der Waals surface area contributed by atoms with E-state index in [1.54, 1.807) is 7.11 Å². The lowest BCUT2D eigenvalue weighted by atomic mass is 9.56. The molecular formula is C20H35IN4O2S. The van der Waals surface area contributed by atoms with Gasteiger partial charge in [0, 0.05) is 50.1 Å². The minimum atomic E-state index is -0.0865. The number of nitrogens with one attached hydrogen (secondary N) is 2. The molecule has 8 heteroatoms. The number of rotatable bonds is 6. The van der Waals surface area contributed by atoms with Crippen LogP contribution < -0.4 is 10.6 Å². The minimum Gasteiger partial charge on any atom is -0.379 e. The summed E-state index contributed by atoms with van der Waals surface area (Å²) in [5, 5.41) is 9.32. The summed E-state index contributed by atoms with van der Waals surface area (Å²) in [7, 11) is 3.64. The Morgan fingerprint density at radius 2 is 2.11 bits per heavy atom. The van der Waals surface area contributed by atoms with Crippen LogP contribution in [0.1, 0.15) is 38.1 Å². The van der Waals surface area contributed by atoms with Gasteiger partial charge in [0.05, 0.1) is 24.9 Å². The molecule has 0 aromatic carbocycles. The maximum Gasteiger partial charge on any atom is 0.191 e. The third-order valence-corrected chi connectivity index (χ3v) is 7.61. The van der Waals surface area contributed by atoms with E-state index in [1.807, 2.05) is 18.4 Å². The van der Waals surface area contributed by atoms with Crippen LogP contribution in [0.3, 0.4) is 0 Å². The van der Waals surface area contributed by atoms with Crippen LogP contribution in [0, 0.1) is 5.41 Å². The highest BCUT2D eigenvalue weighted by Gasteiger charge is 2.58. The summed E-state index contributed by atoms with van der Waals surface area (Å²) in [5.74, 6) is 0.862. The molecule has 2 heterocycles. The van der Waals surface area contributed by atoms with Crippen molar-refractivity contribution in [2.24, 2.45) is 10.4 Å². The first kappa shape index (κ1) is 23.9. The lowest BCUT2D eigenvalue weighted by molar-refractivity contribution is -0.176. The Balaban J connectivity index is 0.00000280. The Labute approximate surface area is 190 Å². The highest BCUT2D eigenvalue weighted by atomic mass is 127. The number of morpholine rings is 1. The Bertz CT molecular complexity index is 634. The fourth-order valence-corrected chi connectivity index (χ4v) is 4.92. The Kier molecular flexibility index (Phi) is 8.57. The van der Waals surface area contributed by atoms with Crippen LogP contribution in [0.4, 0.5) is 0 Å². The van der Waals surface area contributed by atoms with E-state index in [-0.39, 0.29) is 35.0 Å². The maximum absolute atomic E-state index is 5.74. The topological polar surface area (TPSA) is 58.1 Å². The fraction of sp³-hybridized carbons (Fsp3) is 0.750. The largest absolute Gasteiger partial charge is 0.379 e. The second kappa shape index (κ2) is 10.1. The smallest absolute Gasteiger partial charge is 0.191 e. The summed E-state index contributed by atoms with van der Waals surface area (Å²) >= 11 is 1.82. The molecule has 2 aliphatic rings. The molecule has 1 aromatic rings. The van der Waals surface area contributed by atoms with E-state index >= 15 is 0 Å². The third kappa shape index (κ3) is 4.83. The number of hydrogen-bond acceptors (Lipinski definition) is 5. The van der Waals surface area contributed by atoms with Crippen molar-refractivity contribution in [3.8, 4) is 0 Å². The summed E-state index contributed by atoms with van der Waals surface area (Å²) in [6.45, 7) is 11.1. The summed E-state index contributed by atoms with van der Waals surface area (Å²) in [4.78, 5) is 8.35. The fourth-order valence-electron chi connectivity index (χ4n) is 4.06. The van der Waals surface area contributed by atoms with Crippen molar-refractivity contribution >= 4 is 41.3 Å². The molecule has 0 spiro atoms. The second-order valence-electron chi connectivity index (χ2n) is 8.19. The monoisotopic (exact) mass is 522 g/mol. The molecule has 1 saturated heterocycles. The first-order valence-electron chi connectivity index (χ1n) is 9.79. The first-order valence-corrected chi connectivity index (χ1v) is 10.7. The molecule has 1 aliphatic heterocycles. The molecule has 1 saturated carbocycles. The third-order valence-electron chi connectivity index (χ3n) is 6.63. The van der Waals surface area contributed by atoms with E-state index in [4.69, 9.17) is 9.47 Å². The van der Waals surface area contributed by atoms with E-state index < -0.39 is 0 Å². The number of guanidine groups is 1. The predicted molar refractivity (Wildman–Crippen MR) is 127 cm³/mol. The highest BCUT2D eigenvalue weighted by molar-refractivity contribution is 14.0.